The van der Waals surface area contributed by atoms with E-state index in [4.69, 9.17) is 5.73 Å². The molecule has 1 unspecified atom stereocenters. The van der Waals surface area contributed by atoms with Crippen molar-refractivity contribution in [2.45, 2.75) is 31.7 Å². The molecule has 0 radical (unpaired) electrons. The first-order chi connectivity index (χ1) is 10.3. The molecule has 0 aromatic heterocycles. The highest BCUT2D eigenvalue weighted by atomic mass is 16.2. The molecule has 0 saturated carbocycles. The summed E-state index contributed by atoms with van der Waals surface area (Å²) < 4.78 is 0. The van der Waals surface area contributed by atoms with E-state index in [0.29, 0.717) is 12.6 Å². The zero-order valence-corrected chi connectivity index (χ0v) is 12.3. The maximum absolute atomic E-state index is 12.8. The number of benzene rings is 2. The Hall–Kier alpha value is -1.87. The Morgan fingerprint density at radius 3 is 2.76 bits per heavy atom. The third kappa shape index (κ3) is 2.93. The molecule has 21 heavy (non-hydrogen) atoms. The monoisotopic (exact) mass is 282 g/mol. The minimum Gasteiger partial charge on any atom is -0.336 e. The summed E-state index contributed by atoms with van der Waals surface area (Å²) in [5.74, 6) is 0.152. The van der Waals surface area contributed by atoms with Crippen LogP contribution in [0.4, 0.5) is 0 Å². The average Bonchev–Trinajstić information content (AvgIpc) is 2.54. The van der Waals surface area contributed by atoms with Crippen molar-refractivity contribution in [2.24, 2.45) is 5.73 Å². The number of piperidine rings is 1. The van der Waals surface area contributed by atoms with E-state index in [9.17, 15) is 4.79 Å². The number of nitrogens with two attached hydrogens (primary N) is 1. The van der Waals surface area contributed by atoms with Gasteiger partial charge in [-0.15, -0.1) is 0 Å². The van der Waals surface area contributed by atoms with Crippen molar-refractivity contribution < 1.29 is 4.79 Å². The molecule has 3 heteroatoms. The normalized spacial score (nSPS) is 18.9. The molecule has 2 N–H and O–H groups in total. The molecule has 2 aromatic rings. The average molecular weight is 282 g/mol. The number of carbonyl (C=O) groups is 1. The van der Waals surface area contributed by atoms with Gasteiger partial charge in [-0.1, -0.05) is 30.3 Å². The Kier molecular flexibility index (Phi) is 4.20. The second kappa shape index (κ2) is 6.27. The van der Waals surface area contributed by atoms with Gasteiger partial charge in [0.25, 0.3) is 5.91 Å². The number of nitrogens with zero attached hydrogens (tertiary/aromatic N) is 1. The van der Waals surface area contributed by atoms with Crippen LogP contribution in [0.3, 0.4) is 0 Å². The first-order valence-electron chi connectivity index (χ1n) is 7.79. The van der Waals surface area contributed by atoms with Gasteiger partial charge in [-0.05, 0) is 55.1 Å². The van der Waals surface area contributed by atoms with Gasteiger partial charge in [0.05, 0.1) is 0 Å². The fraction of sp³-hybridized carbons (Fsp3) is 0.389. The Bertz CT molecular complexity index is 636. The summed E-state index contributed by atoms with van der Waals surface area (Å²) in [5.41, 5.74) is 6.49. The molecule has 0 bridgehead atoms. The lowest BCUT2D eigenvalue weighted by atomic mass is 9.97. The van der Waals surface area contributed by atoms with Crippen molar-refractivity contribution in [2.75, 3.05) is 13.1 Å². The molecule has 110 valence electrons. The van der Waals surface area contributed by atoms with Crippen LogP contribution in [0.2, 0.25) is 0 Å². The SMILES string of the molecule is NCCC1CCCCN1C(=O)c1ccc2ccccc2c1. The van der Waals surface area contributed by atoms with Crippen LogP contribution < -0.4 is 5.73 Å². The maximum atomic E-state index is 12.8. The van der Waals surface area contributed by atoms with E-state index in [-0.39, 0.29) is 5.91 Å². The van der Waals surface area contributed by atoms with E-state index in [1.54, 1.807) is 0 Å². The standard InChI is InChI=1S/C18H22N2O/c19-11-10-17-7-3-4-12-20(17)18(21)16-9-8-14-5-1-2-6-15(14)13-16/h1-2,5-6,8-9,13,17H,3-4,7,10-12,19H2. The lowest BCUT2D eigenvalue weighted by Crippen LogP contribution is -2.44. The number of fused-ring (bicyclic) bond motifs is 1. The molecular formula is C18H22N2O. The van der Waals surface area contributed by atoms with Crippen LogP contribution in [-0.2, 0) is 0 Å². The molecule has 1 aliphatic rings. The maximum Gasteiger partial charge on any atom is 0.254 e. The van der Waals surface area contributed by atoms with Gasteiger partial charge in [0.1, 0.15) is 0 Å². The fourth-order valence-electron chi connectivity index (χ4n) is 3.25. The molecule has 3 rings (SSSR count). The number of likely N-dealkylation sites (tertiary alicyclic amines) is 1. The molecule has 1 fully saturated rings. The van der Waals surface area contributed by atoms with Crippen LogP contribution in [0.1, 0.15) is 36.0 Å². The van der Waals surface area contributed by atoms with Gasteiger partial charge in [0.15, 0.2) is 0 Å². The molecule has 1 heterocycles. The van der Waals surface area contributed by atoms with Gasteiger partial charge < -0.3 is 10.6 Å². The van der Waals surface area contributed by atoms with Crippen molar-refractivity contribution in [1.29, 1.82) is 0 Å². The van der Waals surface area contributed by atoms with Crippen LogP contribution in [0.5, 0.6) is 0 Å². The quantitative estimate of drug-likeness (QED) is 0.939. The summed E-state index contributed by atoms with van der Waals surface area (Å²) in [6.45, 7) is 1.50. The highest BCUT2D eigenvalue weighted by Gasteiger charge is 2.26. The Labute approximate surface area is 125 Å². The number of carbonyl (C=O) groups excluding carboxylic acids is 1. The van der Waals surface area contributed by atoms with Crippen molar-refractivity contribution in [3.05, 3.63) is 48.0 Å². The summed E-state index contributed by atoms with van der Waals surface area (Å²) in [6, 6.07) is 14.4. The smallest absolute Gasteiger partial charge is 0.254 e. The van der Waals surface area contributed by atoms with Gasteiger partial charge in [0, 0.05) is 18.2 Å². The fourth-order valence-corrected chi connectivity index (χ4v) is 3.25. The second-order valence-corrected chi connectivity index (χ2v) is 5.79. The second-order valence-electron chi connectivity index (χ2n) is 5.79. The van der Waals surface area contributed by atoms with Crippen LogP contribution in [0, 0.1) is 0 Å². The van der Waals surface area contributed by atoms with E-state index in [1.807, 2.05) is 35.2 Å². The zero-order chi connectivity index (χ0) is 14.7. The number of rotatable bonds is 3. The summed E-state index contributed by atoms with van der Waals surface area (Å²) in [4.78, 5) is 14.8. The number of hydrogen-bond donors (Lipinski definition) is 1. The molecule has 2 aromatic carbocycles. The molecule has 1 saturated heterocycles. The van der Waals surface area contributed by atoms with Gasteiger partial charge in [0.2, 0.25) is 0 Å². The first-order valence-corrected chi connectivity index (χ1v) is 7.79. The molecule has 1 atom stereocenters. The molecule has 0 spiro atoms. The summed E-state index contributed by atoms with van der Waals surface area (Å²) >= 11 is 0. The highest BCUT2D eigenvalue weighted by molar-refractivity contribution is 5.98. The van der Waals surface area contributed by atoms with Crippen LogP contribution in [0.15, 0.2) is 42.5 Å². The van der Waals surface area contributed by atoms with Crippen LogP contribution >= 0.6 is 0 Å². The number of hydrogen-bond acceptors (Lipinski definition) is 2. The first kappa shape index (κ1) is 14.1. The van der Waals surface area contributed by atoms with E-state index in [0.717, 1.165) is 36.8 Å². The van der Waals surface area contributed by atoms with Gasteiger partial charge in [-0.2, -0.15) is 0 Å². The lowest BCUT2D eigenvalue weighted by Gasteiger charge is -2.35. The zero-order valence-electron chi connectivity index (χ0n) is 12.3. The molecule has 3 nitrogen and oxygen atoms in total. The third-order valence-corrected chi connectivity index (χ3v) is 4.38. The highest BCUT2D eigenvalue weighted by Crippen LogP contribution is 2.23. The molecule has 1 aliphatic heterocycles. The van der Waals surface area contributed by atoms with Gasteiger partial charge >= 0.3 is 0 Å². The lowest BCUT2D eigenvalue weighted by molar-refractivity contribution is 0.0605. The molecular weight excluding hydrogens is 260 g/mol. The van der Waals surface area contributed by atoms with Crippen molar-refractivity contribution >= 4 is 16.7 Å². The van der Waals surface area contributed by atoms with E-state index >= 15 is 0 Å². The van der Waals surface area contributed by atoms with Gasteiger partial charge in [-0.3, -0.25) is 4.79 Å². The predicted molar refractivity (Wildman–Crippen MR) is 86.3 cm³/mol. The predicted octanol–water partition coefficient (Wildman–Crippen LogP) is 3.18. The largest absolute Gasteiger partial charge is 0.336 e. The van der Waals surface area contributed by atoms with Crippen molar-refractivity contribution in [1.82, 2.24) is 4.90 Å². The summed E-state index contributed by atoms with van der Waals surface area (Å²) in [5, 5.41) is 2.29. The van der Waals surface area contributed by atoms with Crippen LogP contribution in [-0.4, -0.2) is 29.9 Å². The topological polar surface area (TPSA) is 46.3 Å². The van der Waals surface area contributed by atoms with E-state index < -0.39 is 0 Å². The minimum atomic E-state index is 0.152. The van der Waals surface area contributed by atoms with E-state index in [1.165, 1.54) is 11.8 Å². The van der Waals surface area contributed by atoms with E-state index in [2.05, 4.69) is 12.1 Å². The molecule has 1 amide bonds. The van der Waals surface area contributed by atoms with Crippen LogP contribution in [0.25, 0.3) is 10.8 Å². The summed E-state index contributed by atoms with van der Waals surface area (Å²) in [6.07, 6.45) is 4.28. The van der Waals surface area contributed by atoms with Gasteiger partial charge in [-0.25, -0.2) is 0 Å². The Balaban J connectivity index is 1.87. The number of amides is 1. The Morgan fingerprint density at radius 2 is 1.95 bits per heavy atom. The minimum absolute atomic E-state index is 0.152. The van der Waals surface area contributed by atoms with Crippen molar-refractivity contribution in [3.63, 3.8) is 0 Å². The van der Waals surface area contributed by atoms with Crippen molar-refractivity contribution in [3.8, 4) is 0 Å². The molecule has 0 aliphatic carbocycles. The third-order valence-electron chi connectivity index (χ3n) is 4.38. The summed E-state index contributed by atoms with van der Waals surface area (Å²) in [7, 11) is 0. The Morgan fingerprint density at radius 1 is 1.14 bits per heavy atom.